The number of hydrogen-bond acceptors (Lipinski definition) is 4. The lowest BCUT2D eigenvalue weighted by molar-refractivity contribution is -0.163. The molecular formula is C28H28Cl2F5N3O4. The molecule has 1 aromatic carbocycles. The van der Waals surface area contributed by atoms with E-state index in [2.05, 4.69) is 5.10 Å². The minimum absolute atomic E-state index is 0.0584. The summed E-state index contributed by atoms with van der Waals surface area (Å²) >= 11 is 12.0. The number of carbonyl (C=O) groups excluding carboxylic acids is 2. The number of carboxylic acids is 1. The number of amides is 1. The highest BCUT2D eigenvalue weighted by atomic mass is 35.5. The average molecular weight is 636 g/mol. The number of halogens is 7. The molecule has 2 bridgehead atoms. The van der Waals surface area contributed by atoms with Crippen molar-refractivity contribution in [3.05, 3.63) is 51.0 Å². The fourth-order valence-corrected chi connectivity index (χ4v) is 7.55. The minimum atomic E-state index is -5.05. The molecule has 7 nitrogen and oxygen atoms in total. The fraction of sp³-hybridized carbons (Fsp3) is 0.571. The lowest BCUT2D eigenvalue weighted by Gasteiger charge is -2.51. The predicted molar refractivity (Wildman–Crippen MR) is 142 cm³/mol. The number of rotatable bonds is 8. The maximum Gasteiger partial charge on any atom is 0.433 e. The standard InChI is InChI=1S/C28H28Cl2F5N3O4/c29-18-11-16(31)12-19(30)21(18)20(39)14-37(15-26(32)3-1-2-4-26)23(40)17-13-36-38(22(17)28(33,34)35)27-8-5-25(6-9-27,7-10-27)24(41)42/h11-13H,1-10,14-15H2,(H,41,42). The Morgan fingerprint density at radius 2 is 1.52 bits per heavy atom. The summed E-state index contributed by atoms with van der Waals surface area (Å²) in [5.41, 5.74) is -6.55. The van der Waals surface area contributed by atoms with Crippen molar-refractivity contribution in [2.24, 2.45) is 5.41 Å². The molecule has 1 amide bonds. The van der Waals surface area contributed by atoms with Crippen LogP contribution < -0.4 is 0 Å². The maximum absolute atomic E-state index is 15.7. The van der Waals surface area contributed by atoms with E-state index in [1.54, 1.807) is 0 Å². The van der Waals surface area contributed by atoms with Gasteiger partial charge in [0, 0.05) is 0 Å². The Labute approximate surface area is 247 Å². The summed E-state index contributed by atoms with van der Waals surface area (Å²) in [6.07, 6.45) is -2.21. The number of aliphatic carboxylic acids is 1. The van der Waals surface area contributed by atoms with E-state index < -0.39 is 70.6 Å². The van der Waals surface area contributed by atoms with Gasteiger partial charge in [0.1, 0.15) is 11.5 Å². The average Bonchev–Trinajstić information content (AvgIpc) is 3.56. The number of alkyl halides is 4. The Morgan fingerprint density at radius 1 is 0.976 bits per heavy atom. The molecule has 42 heavy (non-hydrogen) atoms. The van der Waals surface area contributed by atoms with Crippen molar-refractivity contribution < 1.29 is 41.4 Å². The van der Waals surface area contributed by atoms with Gasteiger partial charge in [0.25, 0.3) is 5.91 Å². The van der Waals surface area contributed by atoms with Crippen LogP contribution >= 0.6 is 23.2 Å². The monoisotopic (exact) mass is 635 g/mol. The smallest absolute Gasteiger partial charge is 0.433 e. The van der Waals surface area contributed by atoms with Gasteiger partial charge in [-0.05, 0) is 63.5 Å². The Balaban J connectivity index is 1.52. The van der Waals surface area contributed by atoms with Crippen molar-refractivity contribution in [2.75, 3.05) is 13.1 Å². The second-order valence-electron chi connectivity index (χ2n) is 11.8. The van der Waals surface area contributed by atoms with E-state index in [4.69, 9.17) is 23.2 Å². The molecule has 228 valence electrons. The van der Waals surface area contributed by atoms with E-state index in [1.807, 2.05) is 0 Å². The van der Waals surface area contributed by atoms with Crippen molar-refractivity contribution >= 4 is 40.9 Å². The lowest BCUT2D eigenvalue weighted by atomic mass is 9.57. The van der Waals surface area contributed by atoms with Gasteiger partial charge in [-0.2, -0.15) is 18.3 Å². The predicted octanol–water partition coefficient (Wildman–Crippen LogP) is 7.09. The van der Waals surface area contributed by atoms with Crippen molar-refractivity contribution in [1.82, 2.24) is 14.7 Å². The van der Waals surface area contributed by atoms with Crippen LogP contribution in [0.5, 0.6) is 0 Å². The van der Waals surface area contributed by atoms with Crippen LogP contribution in [-0.4, -0.2) is 56.2 Å². The number of carboxylic acid groups (broad SMARTS) is 1. The highest BCUT2D eigenvalue weighted by Crippen LogP contribution is 2.56. The molecule has 0 radical (unpaired) electrons. The quantitative estimate of drug-likeness (QED) is 0.247. The molecule has 1 heterocycles. The number of carbonyl (C=O) groups is 3. The van der Waals surface area contributed by atoms with Crippen molar-refractivity contribution in [3.8, 4) is 0 Å². The van der Waals surface area contributed by atoms with Gasteiger partial charge in [0.2, 0.25) is 0 Å². The second-order valence-corrected chi connectivity index (χ2v) is 12.6. The third kappa shape index (κ3) is 5.40. The lowest BCUT2D eigenvalue weighted by Crippen LogP contribution is -2.52. The van der Waals surface area contributed by atoms with Gasteiger partial charge in [-0.1, -0.05) is 36.0 Å². The minimum Gasteiger partial charge on any atom is -0.481 e. The zero-order valence-corrected chi connectivity index (χ0v) is 23.9. The molecular weight excluding hydrogens is 608 g/mol. The van der Waals surface area contributed by atoms with Crippen LogP contribution in [0.2, 0.25) is 10.0 Å². The maximum atomic E-state index is 15.7. The van der Waals surface area contributed by atoms with Crippen LogP contribution in [0.3, 0.4) is 0 Å². The molecule has 1 N–H and O–H groups in total. The van der Waals surface area contributed by atoms with Gasteiger partial charge in [-0.15, -0.1) is 0 Å². The molecule has 2 aromatic rings. The van der Waals surface area contributed by atoms with Crippen molar-refractivity contribution in [1.29, 1.82) is 0 Å². The summed E-state index contributed by atoms with van der Waals surface area (Å²) in [4.78, 5) is 39.6. The number of ketones is 1. The molecule has 4 fully saturated rings. The SMILES string of the molecule is O=C(CN(CC1(F)CCCC1)C(=O)c1cnn(C23CCC(C(=O)O)(CC2)CC3)c1C(F)(F)F)c1c(Cl)cc(F)cc1Cl. The highest BCUT2D eigenvalue weighted by molar-refractivity contribution is 6.40. The number of nitrogens with zero attached hydrogens (tertiary/aromatic N) is 3. The third-order valence-electron chi connectivity index (χ3n) is 9.26. The van der Waals surface area contributed by atoms with Crippen LogP contribution in [0.4, 0.5) is 22.0 Å². The van der Waals surface area contributed by atoms with Crippen LogP contribution in [0, 0.1) is 11.2 Å². The van der Waals surface area contributed by atoms with Crippen molar-refractivity contribution in [2.45, 2.75) is 81.6 Å². The van der Waals surface area contributed by atoms with Gasteiger partial charge in [0.05, 0.1) is 51.4 Å². The number of fused-ring (bicyclic) bond motifs is 3. The molecule has 0 saturated heterocycles. The molecule has 14 heteroatoms. The molecule has 4 saturated carbocycles. The molecule has 0 atom stereocenters. The molecule has 0 unspecified atom stereocenters. The first-order valence-corrected chi connectivity index (χ1v) is 14.4. The van der Waals surface area contributed by atoms with E-state index >= 15 is 4.39 Å². The first-order chi connectivity index (χ1) is 19.6. The Hall–Kier alpha value is -2.73. The van der Waals surface area contributed by atoms with Gasteiger partial charge >= 0.3 is 12.1 Å². The summed E-state index contributed by atoms with van der Waals surface area (Å²) < 4.78 is 74.1. The molecule has 6 rings (SSSR count). The van der Waals surface area contributed by atoms with E-state index in [0.717, 1.165) is 27.9 Å². The van der Waals surface area contributed by atoms with Gasteiger partial charge < -0.3 is 10.0 Å². The van der Waals surface area contributed by atoms with Crippen LogP contribution in [0.25, 0.3) is 0 Å². The molecule has 1 aromatic heterocycles. The van der Waals surface area contributed by atoms with Crippen LogP contribution in [0.15, 0.2) is 18.3 Å². The second kappa shape index (κ2) is 10.8. The summed E-state index contributed by atoms with van der Waals surface area (Å²) in [6, 6.07) is 1.66. The highest BCUT2D eigenvalue weighted by Gasteiger charge is 2.56. The molecule has 0 spiro atoms. The normalized spacial score (nSPS) is 25.0. The van der Waals surface area contributed by atoms with E-state index in [9.17, 15) is 37.1 Å². The fourth-order valence-electron chi connectivity index (χ4n) is 6.88. The van der Waals surface area contributed by atoms with Gasteiger partial charge in [-0.25, -0.2) is 8.78 Å². The van der Waals surface area contributed by atoms with E-state index in [0.29, 0.717) is 12.8 Å². The Morgan fingerprint density at radius 3 is 2.02 bits per heavy atom. The molecule has 0 aliphatic heterocycles. The molecule has 4 aliphatic rings. The van der Waals surface area contributed by atoms with Crippen LogP contribution in [0.1, 0.15) is 90.6 Å². The summed E-state index contributed by atoms with van der Waals surface area (Å²) in [5, 5.41) is 13.0. The van der Waals surface area contributed by atoms with Gasteiger partial charge in [0.15, 0.2) is 11.5 Å². The zero-order valence-electron chi connectivity index (χ0n) is 22.4. The largest absolute Gasteiger partial charge is 0.481 e. The van der Waals surface area contributed by atoms with Gasteiger partial charge in [-0.3, -0.25) is 19.1 Å². The number of hydrogen-bond donors (Lipinski definition) is 1. The van der Waals surface area contributed by atoms with E-state index in [1.165, 1.54) is 0 Å². The first-order valence-electron chi connectivity index (χ1n) is 13.6. The topological polar surface area (TPSA) is 92.5 Å². The summed E-state index contributed by atoms with van der Waals surface area (Å²) in [5.74, 6) is -3.94. The Kier molecular flexibility index (Phi) is 7.87. The van der Waals surface area contributed by atoms with E-state index in [-0.39, 0.29) is 67.0 Å². The Bertz CT molecular complexity index is 1390. The molecule has 4 aliphatic carbocycles. The van der Waals surface area contributed by atoms with Crippen LogP contribution in [-0.2, 0) is 16.5 Å². The first kappa shape index (κ1) is 30.7. The number of aromatic nitrogens is 2. The zero-order chi connectivity index (χ0) is 30.7. The summed E-state index contributed by atoms with van der Waals surface area (Å²) in [7, 11) is 0. The number of Topliss-reactive ketones (excluding diaryl/α,β-unsaturated/α-hetero) is 1. The third-order valence-corrected chi connectivity index (χ3v) is 9.86. The van der Waals surface area contributed by atoms with Crippen molar-refractivity contribution in [3.63, 3.8) is 0 Å². The number of benzene rings is 1. The summed E-state index contributed by atoms with van der Waals surface area (Å²) in [6.45, 7) is -1.51.